The Morgan fingerprint density at radius 2 is 0.667 bits per heavy atom. The van der Waals surface area contributed by atoms with Crippen LogP contribution in [-0.2, 0) is 0 Å². The van der Waals surface area contributed by atoms with E-state index in [1.165, 1.54) is 0 Å². The monoisotopic (exact) mass is 405 g/mol. The van der Waals surface area contributed by atoms with Gasteiger partial charge in [-0.25, -0.2) is 0 Å². The first-order valence-corrected chi connectivity index (χ1v) is 9.87. The lowest BCUT2D eigenvalue weighted by molar-refractivity contribution is 0.415. The Kier molecular flexibility index (Phi) is 5.84. The molecule has 0 atom stereocenters. The molecule has 0 amide bonds. The van der Waals surface area contributed by atoms with Gasteiger partial charge in [-0.15, -0.1) is 0 Å². The van der Waals surface area contributed by atoms with E-state index in [2.05, 4.69) is 51.1 Å². The third-order valence-corrected chi connectivity index (χ3v) is 5.34. The quantitative estimate of drug-likeness (QED) is 0.604. The first-order valence-electron chi connectivity index (χ1n) is 9.87. The Morgan fingerprint density at radius 1 is 0.433 bits per heavy atom. The Balaban J connectivity index is 1.63. The van der Waals surface area contributed by atoms with Crippen LogP contribution < -0.4 is 28.9 Å². The lowest BCUT2D eigenvalue weighted by Gasteiger charge is -2.45. The maximum atomic E-state index is 5.32. The summed E-state index contributed by atoms with van der Waals surface area (Å²) in [6.45, 7) is 2.35. The summed E-state index contributed by atoms with van der Waals surface area (Å²) in [6, 6.07) is 24.6. The third kappa shape index (κ3) is 4.22. The van der Waals surface area contributed by atoms with Gasteiger partial charge in [-0.1, -0.05) is 0 Å². The average Bonchev–Trinajstić information content (AvgIpc) is 2.84. The maximum Gasteiger partial charge on any atom is 0.119 e. The Labute approximate surface area is 177 Å². The molecule has 1 aliphatic rings. The highest BCUT2D eigenvalue weighted by molar-refractivity contribution is 5.60. The minimum atomic E-state index is 0.783. The third-order valence-electron chi connectivity index (χ3n) is 5.34. The van der Waals surface area contributed by atoms with Gasteiger partial charge in [-0.2, -0.15) is 0 Å². The zero-order valence-electron chi connectivity index (χ0n) is 17.6. The van der Waals surface area contributed by atoms with Gasteiger partial charge in [0, 0.05) is 17.1 Å². The van der Waals surface area contributed by atoms with Gasteiger partial charge < -0.3 is 28.9 Å². The number of rotatable bonds is 6. The molecule has 0 unspecified atom stereocenters. The number of methoxy groups -OCH3 is 3. The first-order chi connectivity index (χ1) is 14.7. The Morgan fingerprint density at radius 3 is 0.867 bits per heavy atom. The molecule has 0 aliphatic carbocycles. The topological polar surface area (TPSA) is 37.4 Å². The van der Waals surface area contributed by atoms with Crippen LogP contribution in [0.25, 0.3) is 0 Å². The number of hydrogen-bond acceptors (Lipinski definition) is 6. The van der Waals surface area contributed by atoms with Crippen LogP contribution in [0.5, 0.6) is 17.2 Å². The fraction of sp³-hybridized carbons (Fsp3) is 0.250. The summed E-state index contributed by atoms with van der Waals surface area (Å²) < 4.78 is 16.0. The van der Waals surface area contributed by atoms with Crippen LogP contribution in [0.2, 0.25) is 0 Å². The van der Waals surface area contributed by atoms with Crippen molar-refractivity contribution < 1.29 is 14.2 Å². The summed E-state index contributed by atoms with van der Waals surface area (Å²) in [5, 5.41) is 0. The SMILES string of the molecule is COc1ccc(N2CN(c3ccc(OC)cc3)CN(c3ccc(OC)cc3)C2)cc1. The number of benzene rings is 3. The van der Waals surface area contributed by atoms with Crippen molar-refractivity contribution in [3.05, 3.63) is 72.8 Å². The van der Waals surface area contributed by atoms with Crippen molar-refractivity contribution in [3.8, 4) is 17.2 Å². The van der Waals surface area contributed by atoms with Crippen LogP contribution in [-0.4, -0.2) is 41.3 Å². The average molecular weight is 405 g/mol. The van der Waals surface area contributed by atoms with Gasteiger partial charge in [0.05, 0.1) is 41.3 Å². The van der Waals surface area contributed by atoms with E-state index in [0.717, 1.165) is 54.3 Å². The molecule has 3 aromatic rings. The molecule has 30 heavy (non-hydrogen) atoms. The van der Waals surface area contributed by atoms with E-state index in [1.54, 1.807) is 21.3 Å². The highest BCUT2D eigenvalue weighted by atomic mass is 16.5. The first kappa shape index (κ1) is 19.8. The van der Waals surface area contributed by atoms with E-state index in [9.17, 15) is 0 Å². The maximum absolute atomic E-state index is 5.32. The second kappa shape index (κ2) is 8.86. The molecular formula is C24H27N3O3. The summed E-state index contributed by atoms with van der Waals surface area (Å²) >= 11 is 0. The van der Waals surface area contributed by atoms with Gasteiger partial charge in [0.1, 0.15) is 17.2 Å². The standard InChI is InChI=1S/C24H27N3O3/c1-28-22-10-4-19(5-11-22)25-16-26(20-6-12-23(29-2)13-7-20)18-27(17-25)21-8-14-24(30-3)15-9-21/h4-15H,16-18H2,1-3H3. The molecule has 0 bridgehead atoms. The molecule has 0 radical (unpaired) electrons. The highest BCUT2D eigenvalue weighted by Gasteiger charge is 2.24. The smallest absolute Gasteiger partial charge is 0.119 e. The van der Waals surface area contributed by atoms with Gasteiger partial charge in [-0.3, -0.25) is 0 Å². The number of hydrogen-bond donors (Lipinski definition) is 0. The van der Waals surface area contributed by atoms with Crippen molar-refractivity contribution in [2.24, 2.45) is 0 Å². The minimum Gasteiger partial charge on any atom is -0.497 e. The number of ether oxygens (including phenoxy) is 3. The molecule has 1 fully saturated rings. The zero-order chi connectivity index (χ0) is 20.9. The van der Waals surface area contributed by atoms with Crippen molar-refractivity contribution in [1.29, 1.82) is 0 Å². The van der Waals surface area contributed by atoms with Crippen LogP contribution in [0.3, 0.4) is 0 Å². The molecule has 1 saturated heterocycles. The van der Waals surface area contributed by atoms with Crippen LogP contribution in [0.4, 0.5) is 17.1 Å². The summed E-state index contributed by atoms with van der Waals surface area (Å²) in [7, 11) is 5.06. The molecule has 3 aromatic carbocycles. The van der Waals surface area contributed by atoms with Crippen LogP contribution in [0, 0.1) is 0 Å². The predicted molar refractivity (Wildman–Crippen MR) is 121 cm³/mol. The van der Waals surface area contributed by atoms with Crippen LogP contribution in [0.15, 0.2) is 72.8 Å². The second-order valence-corrected chi connectivity index (χ2v) is 7.14. The fourth-order valence-corrected chi connectivity index (χ4v) is 3.62. The molecule has 6 nitrogen and oxygen atoms in total. The van der Waals surface area contributed by atoms with Gasteiger partial charge in [0.25, 0.3) is 0 Å². The second-order valence-electron chi connectivity index (χ2n) is 7.14. The Hall–Kier alpha value is -3.54. The van der Waals surface area contributed by atoms with E-state index in [0.29, 0.717) is 0 Å². The molecule has 6 heteroatoms. The molecular weight excluding hydrogens is 378 g/mol. The van der Waals surface area contributed by atoms with Gasteiger partial charge >= 0.3 is 0 Å². The minimum absolute atomic E-state index is 0.783. The van der Waals surface area contributed by atoms with E-state index < -0.39 is 0 Å². The van der Waals surface area contributed by atoms with E-state index in [4.69, 9.17) is 14.2 Å². The molecule has 4 rings (SSSR count). The molecule has 0 saturated carbocycles. The van der Waals surface area contributed by atoms with E-state index >= 15 is 0 Å². The summed E-state index contributed by atoms with van der Waals surface area (Å²) in [6.07, 6.45) is 0. The fourth-order valence-electron chi connectivity index (χ4n) is 3.62. The van der Waals surface area contributed by atoms with Gasteiger partial charge in [0.2, 0.25) is 0 Å². The number of anilines is 3. The van der Waals surface area contributed by atoms with Crippen molar-refractivity contribution >= 4 is 17.1 Å². The van der Waals surface area contributed by atoms with Crippen molar-refractivity contribution in [1.82, 2.24) is 0 Å². The van der Waals surface area contributed by atoms with Crippen molar-refractivity contribution in [2.45, 2.75) is 0 Å². The van der Waals surface area contributed by atoms with E-state index in [-0.39, 0.29) is 0 Å². The lowest BCUT2D eigenvalue weighted by atomic mass is 10.2. The Bertz CT molecular complexity index is 810. The molecule has 0 spiro atoms. The van der Waals surface area contributed by atoms with Crippen LogP contribution in [0.1, 0.15) is 0 Å². The zero-order valence-corrected chi connectivity index (χ0v) is 17.6. The molecule has 0 aromatic heterocycles. The van der Waals surface area contributed by atoms with Gasteiger partial charge in [-0.05, 0) is 72.8 Å². The van der Waals surface area contributed by atoms with Crippen LogP contribution >= 0.6 is 0 Å². The predicted octanol–water partition coefficient (Wildman–Crippen LogP) is 4.42. The molecule has 0 N–H and O–H groups in total. The lowest BCUT2D eigenvalue weighted by Crippen LogP contribution is -2.55. The normalized spacial score (nSPS) is 13.9. The van der Waals surface area contributed by atoms with Crippen molar-refractivity contribution in [2.75, 3.05) is 56.0 Å². The van der Waals surface area contributed by atoms with E-state index in [1.807, 2.05) is 36.4 Å². The molecule has 156 valence electrons. The summed E-state index contributed by atoms with van der Waals surface area (Å²) in [4.78, 5) is 7.03. The highest BCUT2D eigenvalue weighted by Crippen LogP contribution is 2.29. The number of nitrogens with zero attached hydrogens (tertiary/aromatic N) is 3. The van der Waals surface area contributed by atoms with Crippen molar-refractivity contribution in [3.63, 3.8) is 0 Å². The largest absolute Gasteiger partial charge is 0.497 e. The summed E-state index contributed by atoms with van der Waals surface area (Å²) in [5.41, 5.74) is 3.44. The van der Waals surface area contributed by atoms with Gasteiger partial charge in [0.15, 0.2) is 0 Å². The molecule has 1 aliphatic heterocycles. The summed E-state index contributed by atoms with van der Waals surface area (Å²) in [5.74, 6) is 2.57. The molecule has 1 heterocycles.